The van der Waals surface area contributed by atoms with Crippen LogP contribution in [0.3, 0.4) is 0 Å². The number of hydrogen-bond donors (Lipinski definition) is 1. The minimum Gasteiger partial charge on any atom is -0.315 e. The Morgan fingerprint density at radius 1 is 1.71 bits per heavy atom. The van der Waals surface area contributed by atoms with Crippen molar-refractivity contribution in [1.82, 2.24) is 10.2 Å². The Kier molecular flexibility index (Phi) is 3.60. The van der Waals surface area contributed by atoms with E-state index in [9.17, 15) is 0 Å². The second kappa shape index (κ2) is 4.75. The smallest absolute Gasteiger partial charge is 0.0743 e. The third kappa shape index (κ3) is 2.37. The monoisotopic (exact) mass is 274 g/mol. The minimum absolute atomic E-state index is 0.710. The van der Waals surface area contributed by atoms with Gasteiger partial charge in [-0.1, -0.05) is 0 Å². The topological polar surface area (TPSA) is 15.3 Å². The maximum atomic E-state index is 3.58. The normalized spacial score (nSPS) is 22.1. The van der Waals surface area contributed by atoms with Crippen LogP contribution in [0.5, 0.6) is 0 Å². The summed E-state index contributed by atoms with van der Waals surface area (Å²) < 4.78 is 1.27. The first-order valence-corrected chi connectivity index (χ1v) is 6.57. The fourth-order valence-corrected chi connectivity index (χ4v) is 3.06. The predicted molar refractivity (Wildman–Crippen MR) is 64.8 cm³/mol. The van der Waals surface area contributed by atoms with E-state index in [0.717, 1.165) is 13.1 Å². The van der Waals surface area contributed by atoms with E-state index in [1.54, 1.807) is 11.3 Å². The third-order valence-corrected chi connectivity index (χ3v) is 4.58. The van der Waals surface area contributed by atoms with E-state index >= 15 is 0 Å². The third-order valence-electron chi connectivity index (χ3n) is 2.77. The zero-order valence-corrected chi connectivity index (χ0v) is 10.7. The lowest BCUT2D eigenvalue weighted by Gasteiger charge is -2.23. The van der Waals surface area contributed by atoms with Crippen LogP contribution >= 0.6 is 27.3 Å². The van der Waals surface area contributed by atoms with Gasteiger partial charge in [0.15, 0.2) is 0 Å². The lowest BCUT2D eigenvalue weighted by atomic mass is 10.2. The molecule has 0 radical (unpaired) electrons. The highest BCUT2D eigenvalue weighted by atomic mass is 79.9. The average Bonchev–Trinajstić information content (AvgIpc) is 2.77. The summed E-state index contributed by atoms with van der Waals surface area (Å²) in [5, 5.41) is 5.54. The summed E-state index contributed by atoms with van der Waals surface area (Å²) in [7, 11) is 2.21. The Hall–Kier alpha value is 0.1000. The second-order valence-electron chi connectivity index (χ2n) is 3.78. The van der Waals surface area contributed by atoms with Crippen LogP contribution < -0.4 is 5.32 Å². The van der Waals surface area contributed by atoms with Crippen molar-refractivity contribution in [2.24, 2.45) is 0 Å². The molecule has 1 aliphatic heterocycles. The van der Waals surface area contributed by atoms with Crippen LogP contribution in [0.1, 0.15) is 12.0 Å². The molecule has 1 N–H and O–H groups in total. The Balaban J connectivity index is 1.93. The van der Waals surface area contributed by atoms with Crippen molar-refractivity contribution in [1.29, 1.82) is 0 Å². The molecule has 0 bridgehead atoms. The van der Waals surface area contributed by atoms with Gasteiger partial charge in [0.2, 0.25) is 0 Å². The second-order valence-corrected chi connectivity index (χ2v) is 6.02. The fourth-order valence-electron chi connectivity index (χ4n) is 1.85. The zero-order chi connectivity index (χ0) is 9.97. The number of halogens is 1. The number of rotatable bonds is 3. The van der Waals surface area contributed by atoms with Crippen LogP contribution in [0.15, 0.2) is 15.2 Å². The summed E-state index contributed by atoms with van der Waals surface area (Å²) in [5.74, 6) is 0. The SMILES string of the molecule is CN(Cc1ccsc1Br)C1CCNC1. The summed E-state index contributed by atoms with van der Waals surface area (Å²) in [6, 6.07) is 2.91. The van der Waals surface area contributed by atoms with Gasteiger partial charge in [-0.15, -0.1) is 11.3 Å². The summed E-state index contributed by atoms with van der Waals surface area (Å²) >= 11 is 5.34. The summed E-state index contributed by atoms with van der Waals surface area (Å²) in [6.07, 6.45) is 1.28. The Bertz CT molecular complexity index is 294. The highest BCUT2D eigenvalue weighted by Crippen LogP contribution is 2.25. The molecule has 1 fully saturated rings. The first-order chi connectivity index (χ1) is 6.77. The predicted octanol–water partition coefficient (Wildman–Crippen LogP) is 2.30. The molecule has 1 aromatic heterocycles. The van der Waals surface area contributed by atoms with Crippen LogP contribution in [0.25, 0.3) is 0 Å². The molecule has 1 saturated heterocycles. The van der Waals surface area contributed by atoms with Gasteiger partial charge in [-0.05, 0) is 53.0 Å². The quantitative estimate of drug-likeness (QED) is 0.910. The lowest BCUT2D eigenvalue weighted by Crippen LogP contribution is -2.32. The summed E-state index contributed by atoms with van der Waals surface area (Å²) in [6.45, 7) is 3.36. The molecule has 4 heteroatoms. The molecule has 2 rings (SSSR count). The Morgan fingerprint density at radius 3 is 3.14 bits per heavy atom. The van der Waals surface area contributed by atoms with Crippen LogP contribution in [0.2, 0.25) is 0 Å². The van der Waals surface area contributed by atoms with Gasteiger partial charge >= 0.3 is 0 Å². The Labute approximate surface area is 97.4 Å². The van der Waals surface area contributed by atoms with Crippen molar-refractivity contribution in [3.63, 3.8) is 0 Å². The first-order valence-electron chi connectivity index (χ1n) is 4.90. The van der Waals surface area contributed by atoms with Gasteiger partial charge in [0, 0.05) is 19.1 Å². The summed E-state index contributed by atoms with van der Waals surface area (Å²) in [5.41, 5.74) is 1.41. The van der Waals surface area contributed by atoms with Crippen LogP contribution in [-0.4, -0.2) is 31.1 Å². The van der Waals surface area contributed by atoms with Gasteiger partial charge < -0.3 is 5.32 Å². The highest BCUT2D eigenvalue weighted by Gasteiger charge is 2.19. The lowest BCUT2D eigenvalue weighted by molar-refractivity contribution is 0.249. The van der Waals surface area contributed by atoms with Gasteiger partial charge in [0.25, 0.3) is 0 Å². The van der Waals surface area contributed by atoms with Crippen molar-refractivity contribution >= 4 is 27.3 Å². The maximum Gasteiger partial charge on any atom is 0.0743 e. The maximum absolute atomic E-state index is 3.58. The van der Waals surface area contributed by atoms with E-state index in [-0.39, 0.29) is 0 Å². The molecular weight excluding hydrogens is 260 g/mol. The van der Waals surface area contributed by atoms with Gasteiger partial charge in [-0.25, -0.2) is 0 Å². The van der Waals surface area contributed by atoms with Crippen LogP contribution in [-0.2, 0) is 6.54 Å². The van der Waals surface area contributed by atoms with Crippen molar-refractivity contribution in [3.05, 3.63) is 20.8 Å². The van der Waals surface area contributed by atoms with Gasteiger partial charge in [-0.2, -0.15) is 0 Å². The molecule has 0 amide bonds. The van der Waals surface area contributed by atoms with Gasteiger partial charge in [0.1, 0.15) is 0 Å². The fraction of sp³-hybridized carbons (Fsp3) is 0.600. The van der Waals surface area contributed by atoms with Crippen molar-refractivity contribution in [3.8, 4) is 0 Å². The van der Waals surface area contributed by atoms with E-state index in [2.05, 4.69) is 44.6 Å². The number of nitrogens with one attached hydrogen (secondary N) is 1. The molecule has 1 atom stereocenters. The first kappa shape index (κ1) is 10.6. The van der Waals surface area contributed by atoms with E-state index in [4.69, 9.17) is 0 Å². The van der Waals surface area contributed by atoms with Crippen molar-refractivity contribution in [2.75, 3.05) is 20.1 Å². The molecule has 0 aliphatic carbocycles. The number of thiophene rings is 1. The molecule has 1 aliphatic rings. The molecule has 0 aromatic carbocycles. The molecule has 0 saturated carbocycles. The number of likely N-dealkylation sites (N-methyl/N-ethyl adjacent to an activating group) is 1. The van der Waals surface area contributed by atoms with Crippen molar-refractivity contribution < 1.29 is 0 Å². The van der Waals surface area contributed by atoms with E-state index in [1.807, 2.05) is 0 Å². The average molecular weight is 275 g/mol. The zero-order valence-electron chi connectivity index (χ0n) is 8.29. The minimum atomic E-state index is 0.710. The Morgan fingerprint density at radius 2 is 2.57 bits per heavy atom. The van der Waals surface area contributed by atoms with Crippen LogP contribution in [0.4, 0.5) is 0 Å². The largest absolute Gasteiger partial charge is 0.315 e. The highest BCUT2D eigenvalue weighted by molar-refractivity contribution is 9.11. The van der Waals surface area contributed by atoms with E-state index in [0.29, 0.717) is 6.04 Å². The molecule has 1 aromatic rings. The molecule has 14 heavy (non-hydrogen) atoms. The van der Waals surface area contributed by atoms with Crippen LogP contribution in [0, 0.1) is 0 Å². The van der Waals surface area contributed by atoms with Crippen molar-refractivity contribution in [2.45, 2.75) is 19.0 Å². The molecule has 1 unspecified atom stereocenters. The molecule has 0 spiro atoms. The molecular formula is C10H15BrN2S. The van der Waals surface area contributed by atoms with E-state index < -0.39 is 0 Å². The number of hydrogen-bond acceptors (Lipinski definition) is 3. The number of nitrogens with zero attached hydrogens (tertiary/aromatic N) is 1. The van der Waals surface area contributed by atoms with Gasteiger partial charge in [0.05, 0.1) is 3.79 Å². The summed E-state index contributed by atoms with van der Waals surface area (Å²) in [4.78, 5) is 2.44. The standard InChI is InChI=1S/C10H15BrN2S/c1-13(9-2-4-12-6-9)7-8-3-5-14-10(8)11/h3,5,9,12H,2,4,6-7H2,1H3. The molecule has 78 valence electrons. The van der Waals surface area contributed by atoms with Gasteiger partial charge in [-0.3, -0.25) is 4.90 Å². The molecule has 2 nitrogen and oxygen atoms in total. The van der Waals surface area contributed by atoms with E-state index in [1.165, 1.54) is 22.3 Å². The molecule has 2 heterocycles.